The van der Waals surface area contributed by atoms with Crippen LogP contribution in [0, 0.1) is 0 Å². The molecule has 39 heavy (non-hydrogen) atoms. The lowest BCUT2D eigenvalue weighted by Gasteiger charge is -2.13. The monoisotopic (exact) mass is 512 g/mol. The zero-order valence-corrected chi connectivity index (χ0v) is 21.7. The maximum absolute atomic E-state index is 5.20. The first-order valence-corrected chi connectivity index (χ1v) is 14.0. The maximum Gasteiger partial charge on any atom is 0.160 e. The maximum atomic E-state index is 5.20. The number of hydrogen-bond donors (Lipinski definition) is 0. The van der Waals surface area contributed by atoms with E-state index in [2.05, 4.69) is 115 Å². The van der Waals surface area contributed by atoms with Crippen molar-refractivity contribution < 1.29 is 0 Å². The summed E-state index contributed by atoms with van der Waals surface area (Å²) in [7, 11) is 0. The summed E-state index contributed by atoms with van der Waals surface area (Å²) in [6.07, 6.45) is 0. The fourth-order valence-corrected chi connectivity index (χ4v) is 7.49. The van der Waals surface area contributed by atoms with Crippen molar-refractivity contribution in [3.63, 3.8) is 0 Å². The first kappa shape index (κ1) is 21.1. The SMILES string of the molecule is c1ccc(-c2nc(-c3cc4c5c(c3)sc3ccc6cccc(c6c35)-c3ccccc3-4)nc3ccccc23)cc1. The molecule has 9 rings (SSSR count). The van der Waals surface area contributed by atoms with Crippen LogP contribution in [0.3, 0.4) is 0 Å². The van der Waals surface area contributed by atoms with E-state index in [1.807, 2.05) is 17.4 Å². The highest BCUT2D eigenvalue weighted by Crippen LogP contribution is 2.51. The Morgan fingerprint density at radius 1 is 0.462 bits per heavy atom. The molecule has 0 saturated carbocycles. The third-order valence-electron chi connectivity index (χ3n) is 8.00. The molecule has 0 aliphatic heterocycles. The summed E-state index contributed by atoms with van der Waals surface area (Å²) >= 11 is 1.87. The van der Waals surface area contributed by atoms with Crippen LogP contribution in [-0.2, 0) is 0 Å². The van der Waals surface area contributed by atoms with Gasteiger partial charge in [-0.3, -0.25) is 0 Å². The summed E-state index contributed by atoms with van der Waals surface area (Å²) in [6.45, 7) is 0. The molecule has 0 bridgehead atoms. The second kappa shape index (κ2) is 7.83. The zero-order valence-electron chi connectivity index (χ0n) is 20.8. The van der Waals surface area contributed by atoms with Crippen molar-refractivity contribution >= 4 is 53.2 Å². The van der Waals surface area contributed by atoms with Crippen molar-refractivity contribution in [2.45, 2.75) is 0 Å². The average Bonchev–Trinajstić information content (AvgIpc) is 3.33. The minimum absolute atomic E-state index is 0.757. The lowest BCUT2D eigenvalue weighted by molar-refractivity contribution is 1.23. The van der Waals surface area contributed by atoms with Crippen LogP contribution in [0.4, 0.5) is 0 Å². The molecule has 0 atom stereocenters. The minimum Gasteiger partial charge on any atom is -0.228 e. The quantitative estimate of drug-likeness (QED) is 0.230. The molecule has 2 aromatic heterocycles. The summed E-state index contributed by atoms with van der Waals surface area (Å²) in [5.41, 5.74) is 9.17. The third-order valence-corrected chi connectivity index (χ3v) is 9.10. The van der Waals surface area contributed by atoms with E-state index in [-0.39, 0.29) is 0 Å². The molecule has 0 unspecified atom stereocenters. The number of para-hydroxylation sites is 1. The van der Waals surface area contributed by atoms with Gasteiger partial charge >= 0.3 is 0 Å². The van der Waals surface area contributed by atoms with Crippen molar-refractivity contribution in [1.29, 1.82) is 0 Å². The summed E-state index contributed by atoms with van der Waals surface area (Å²) < 4.78 is 2.59. The van der Waals surface area contributed by atoms with E-state index in [0.29, 0.717) is 0 Å². The Labute approximate surface area is 228 Å². The smallest absolute Gasteiger partial charge is 0.160 e. The topological polar surface area (TPSA) is 25.8 Å². The molecule has 0 fully saturated rings. The first-order valence-electron chi connectivity index (χ1n) is 13.2. The van der Waals surface area contributed by atoms with Gasteiger partial charge in [-0.2, -0.15) is 0 Å². The molecule has 0 radical (unpaired) electrons. The van der Waals surface area contributed by atoms with Gasteiger partial charge in [0.25, 0.3) is 0 Å². The number of thiophene rings is 1. The van der Waals surface area contributed by atoms with E-state index in [1.165, 1.54) is 53.2 Å². The molecule has 0 amide bonds. The molecule has 1 aliphatic carbocycles. The molecule has 0 saturated heterocycles. The van der Waals surface area contributed by atoms with Crippen LogP contribution in [0.15, 0.2) is 121 Å². The predicted molar refractivity (Wildman–Crippen MR) is 165 cm³/mol. The van der Waals surface area contributed by atoms with Crippen LogP contribution >= 0.6 is 11.3 Å². The third kappa shape index (κ3) is 2.96. The first-order chi connectivity index (χ1) is 19.3. The van der Waals surface area contributed by atoms with E-state index < -0.39 is 0 Å². The fraction of sp³-hybridized carbons (Fsp3) is 0. The largest absolute Gasteiger partial charge is 0.228 e. The van der Waals surface area contributed by atoms with Crippen LogP contribution in [-0.4, -0.2) is 9.97 Å². The molecule has 0 N–H and O–H groups in total. The van der Waals surface area contributed by atoms with Gasteiger partial charge in [0.2, 0.25) is 0 Å². The van der Waals surface area contributed by atoms with Gasteiger partial charge < -0.3 is 0 Å². The molecule has 180 valence electrons. The van der Waals surface area contributed by atoms with Gasteiger partial charge in [0, 0.05) is 36.7 Å². The highest BCUT2D eigenvalue weighted by atomic mass is 32.1. The van der Waals surface area contributed by atoms with Gasteiger partial charge in [-0.25, -0.2) is 9.97 Å². The number of aromatic nitrogens is 2. The van der Waals surface area contributed by atoms with Crippen LogP contribution in [0.5, 0.6) is 0 Å². The Balaban J connectivity index is 1.41. The Kier molecular flexibility index (Phi) is 4.24. The van der Waals surface area contributed by atoms with Crippen molar-refractivity contribution in [3.8, 4) is 44.9 Å². The lowest BCUT2D eigenvalue weighted by Crippen LogP contribution is -1.95. The fourth-order valence-electron chi connectivity index (χ4n) is 6.31. The van der Waals surface area contributed by atoms with Crippen LogP contribution in [0.1, 0.15) is 0 Å². The van der Waals surface area contributed by atoms with Gasteiger partial charge in [-0.1, -0.05) is 97.1 Å². The molecule has 8 aromatic rings. The average molecular weight is 513 g/mol. The summed E-state index contributed by atoms with van der Waals surface area (Å²) in [4.78, 5) is 10.3. The molecule has 6 aromatic carbocycles. The van der Waals surface area contributed by atoms with Gasteiger partial charge in [0.05, 0.1) is 11.2 Å². The number of hydrogen-bond acceptors (Lipinski definition) is 3. The Hall–Kier alpha value is -4.86. The normalized spacial score (nSPS) is 12.1. The van der Waals surface area contributed by atoms with Gasteiger partial charge in [0.15, 0.2) is 5.82 Å². The van der Waals surface area contributed by atoms with Gasteiger partial charge in [0.1, 0.15) is 0 Å². The van der Waals surface area contributed by atoms with Gasteiger partial charge in [-0.05, 0) is 57.3 Å². The second-order valence-corrected chi connectivity index (χ2v) is 11.2. The summed E-state index contributed by atoms with van der Waals surface area (Å²) in [5, 5.41) is 6.41. The molecule has 0 spiro atoms. The van der Waals surface area contributed by atoms with Crippen LogP contribution in [0.25, 0.3) is 86.7 Å². The molecule has 1 aliphatic rings. The number of nitrogens with zero attached hydrogens (tertiary/aromatic N) is 2. The second-order valence-electron chi connectivity index (χ2n) is 10.2. The number of rotatable bonds is 2. The van der Waals surface area contributed by atoms with Crippen molar-refractivity contribution in [2.75, 3.05) is 0 Å². The Morgan fingerprint density at radius 3 is 2.13 bits per heavy atom. The molecule has 2 nitrogen and oxygen atoms in total. The zero-order chi connectivity index (χ0) is 25.5. The van der Waals surface area contributed by atoms with Crippen LogP contribution in [0.2, 0.25) is 0 Å². The number of fused-ring (bicyclic) bond motifs is 4. The van der Waals surface area contributed by atoms with E-state index in [4.69, 9.17) is 9.97 Å². The van der Waals surface area contributed by atoms with E-state index in [0.717, 1.165) is 33.5 Å². The van der Waals surface area contributed by atoms with E-state index in [9.17, 15) is 0 Å². The predicted octanol–water partition coefficient (Wildman–Crippen LogP) is 10.1. The standard InChI is InChI=1S/C36H20N2S/c1-2-9-22(10-3-1)35-27-14-6-7-16-29(27)37-36(38-35)23-19-28-25-13-5-4-12-24(25)26-15-8-11-21-17-18-30-34(32(21)26)33(28)31(20-23)39-30/h1-20H. The summed E-state index contributed by atoms with van der Waals surface area (Å²) in [5.74, 6) is 0.757. The van der Waals surface area contributed by atoms with Crippen molar-refractivity contribution in [3.05, 3.63) is 121 Å². The van der Waals surface area contributed by atoms with Crippen LogP contribution < -0.4 is 0 Å². The van der Waals surface area contributed by atoms with Crippen molar-refractivity contribution in [1.82, 2.24) is 9.97 Å². The molecule has 2 heterocycles. The number of benzene rings is 6. The molecule has 3 heteroatoms. The summed E-state index contributed by atoms with van der Waals surface area (Å²) in [6, 6.07) is 43.4. The van der Waals surface area contributed by atoms with Crippen molar-refractivity contribution in [2.24, 2.45) is 0 Å². The highest BCUT2D eigenvalue weighted by molar-refractivity contribution is 7.26. The lowest BCUT2D eigenvalue weighted by atomic mass is 9.93. The Bertz CT molecular complexity index is 2280. The molecular weight excluding hydrogens is 492 g/mol. The molecular formula is C36H20N2S. The Morgan fingerprint density at radius 2 is 1.23 bits per heavy atom. The van der Waals surface area contributed by atoms with Gasteiger partial charge in [-0.15, -0.1) is 11.3 Å². The highest BCUT2D eigenvalue weighted by Gasteiger charge is 2.23. The van der Waals surface area contributed by atoms with E-state index in [1.54, 1.807) is 0 Å². The van der Waals surface area contributed by atoms with E-state index >= 15 is 0 Å². The minimum atomic E-state index is 0.757.